The van der Waals surface area contributed by atoms with Gasteiger partial charge in [-0.05, 0) is 35.2 Å². The molecule has 0 saturated heterocycles. The van der Waals surface area contributed by atoms with Gasteiger partial charge in [0, 0.05) is 27.6 Å². The number of halogens is 4. The summed E-state index contributed by atoms with van der Waals surface area (Å²) in [4.78, 5) is 0. The van der Waals surface area contributed by atoms with Crippen molar-refractivity contribution in [2.45, 2.75) is 26.2 Å². The zero-order valence-electron chi connectivity index (χ0n) is 11.9. The Morgan fingerprint density at radius 3 is 2.33 bits per heavy atom. The summed E-state index contributed by atoms with van der Waals surface area (Å²) in [5.74, 6) is -1.03. The third-order valence-corrected chi connectivity index (χ3v) is 5.13. The summed E-state index contributed by atoms with van der Waals surface area (Å²) in [5, 5.41) is 0.924. The van der Waals surface area contributed by atoms with Crippen LogP contribution in [0.5, 0.6) is 0 Å². The van der Waals surface area contributed by atoms with Crippen LogP contribution in [0.2, 0.25) is 10.0 Å². The van der Waals surface area contributed by atoms with Gasteiger partial charge in [-0.15, -0.1) is 0 Å². The van der Waals surface area contributed by atoms with Gasteiger partial charge in [-0.25, -0.2) is 8.78 Å². The van der Waals surface area contributed by atoms with E-state index < -0.39 is 17.0 Å². The highest BCUT2D eigenvalue weighted by atomic mass is 35.5. The molecule has 3 rings (SSSR count). The van der Waals surface area contributed by atoms with E-state index >= 15 is 0 Å². The van der Waals surface area contributed by atoms with Crippen molar-refractivity contribution in [3.63, 3.8) is 0 Å². The van der Waals surface area contributed by atoms with Gasteiger partial charge in [0.1, 0.15) is 11.6 Å². The summed E-state index contributed by atoms with van der Waals surface area (Å²) in [7, 11) is 0. The Kier molecular flexibility index (Phi) is 3.30. The van der Waals surface area contributed by atoms with Gasteiger partial charge in [-0.2, -0.15) is 0 Å². The number of fused-ring (bicyclic) bond motifs is 3. The molecule has 2 aromatic carbocycles. The van der Waals surface area contributed by atoms with Crippen LogP contribution in [-0.4, -0.2) is 0 Å². The van der Waals surface area contributed by atoms with Crippen LogP contribution < -0.4 is 0 Å². The van der Waals surface area contributed by atoms with Gasteiger partial charge < -0.3 is 0 Å². The smallest absolute Gasteiger partial charge is 0.130 e. The van der Waals surface area contributed by atoms with Crippen molar-refractivity contribution in [2.75, 3.05) is 0 Å². The molecule has 0 nitrogen and oxygen atoms in total. The lowest BCUT2D eigenvalue weighted by Gasteiger charge is -2.32. The number of benzene rings is 2. The second-order valence-electron chi connectivity index (χ2n) is 5.98. The summed E-state index contributed by atoms with van der Waals surface area (Å²) < 4.78 is 28.2. The molecular formula is C17H14Cl2F2. The van der Waals surface area contributed by atoms with Crippen LogP contribution in [0.3, 0.4) is 0 Å². The standard InChI is InChI=1S/C17H14Cl2F2/c1-8(2)17(3)12-4-9(18)5-13(19)15(12)11-6-10(20)7-14(21)16(11)17/h4-8H,1-3H3. The average molecular weight is 327 g/mol. The first-order valence-electron chi connectivity index (χ1n) is 6.76. The first kappa shape index (κ1) is 14.8. The quantitative estimate of drug-likeness (QED) is 0.584. The van der Waals surface area contributed by atoms with Crippen LogP contribution in [0.1, 0.15) is 31.9 Å². The normalized spacial score (nSPS) is 19.8. The van der Waals surface area contributed by atoms with E-state index in [1.54, 1.807) is 12.1 Å². The molecule has 21 heavy (non-hydrogen) atoms. The third-order valence-electron chi connectivity index (χ3n) is 4.61. The number of hydrogen-bond donors (Lipinski definition) is 0. The fourth-order valence-electron chi connectivity index (χ4n) is 3.29. The van der Waals surface area contributed by atoms with E-state index in [9.17, 15) is 8.78 Å². The van der Waals surface area contributed by atoms with Crippen molar-refractivity contribution in [3.05, 3.63) is 57.1 Å². The molecule has 0 saturated carbocycles. The maximum absolute atomic E-state index is 14.5. The highest BCUT2D eigenvalue weighted by Gasteiger charge is 2.45. The minimum atomic E-state index is -0.601. The van der Waals surface area contributed by atoms with Crippen molar-refractivity contribution in [2.24, 2.45) is 5.92 Å². The third kappa shape index (κ3) is 1.92. The molecular weight excluding hydrogens is 313 g/mol. The maximum atomic E-state index is 14.5. The molecule has 2 aromatic rings. The first-order chi connectivity index (χ1) is 9.76. The van der Waals surface area contributed by atoms with E-state index in [2.05, 4.69) is 0 Å². The lowest BCUT2D eigenvalue weighted by Crippen LogP contribution is -2.28. The lowest BCUT2D eigenvalue weighted by atomic mass is 9.71. The maximum Gasteiger partial charge on any atom is 0.130 e. The van der Waals surface area contributed by atoms with Crippen LogP contribution in [-0.2, 0) is 5.41 Å². The Morgan fingerprint density at radius 2 is 1.71 bits per heavy atom. The van der Waals surface area contributed by atoms with Crippen LogP contribution in [0.25, 0.3) is 11.1 Å². The minimum Gasteiger partial charge on any atom is -0.207 e. The molecule has 1 atom stereocenters. The molecule has 0 heterocycles. The van der Waals surface area contributed by atoms with Crippen molar-refractivity contribution < 1.29 is 8.78 Å². The van der Waals surface area contributed by atoms with Crippen molar-refractivity contribution in [1.82, 2.24) is 0 Å². The van der Waals surface area contributed by atoms with Gasteiger partial charge in [0.25, 0.3) is 0 Å². The van der Waals surface area contributed by atoms with Crippen molar-refractivity contribution in [1.29, 1.82) is 0 Å². The zero-order chi connectivity index (χ0) is 15.5. The van der Waals surface area contributed by atoms with E-state index in [1.807, 2.05) is 20.8 Å². The van der Waals surface area contributed by atoms with Crippen molar-refractivity contribution in [3.8, 4) is 11.1 Å². The number of hydrogen-bond acceptors (Lipinski definition) is 0. The van der Waals surface area contributed by atoms with E-state index in [1.165, 1.54) is 6.07 Å². The van der Waals surface area contributed by atoms with Gasteiger partial charge in [-0.3, -0.25) is 0 Å². The molecule has 110 valence electrons. The van der Waals surface area contributed by atoms with Crippen LogP contribution in [0.4, 0.5) is 8.78 Å². The summed E-state index contributed by atoms with van der Waals surface area (Å²) in [6.07, 6.45) is 0. The average Bonchev–Trinajstić information content (AvgIpc) is 2.60. The van der Waals surface area contributed by atoms with Crippen molar-refractivity contribution >= 4 is 23.2 Å². The molecule has 0 bridgehead atoms. The molecule has 4 heteroatoms. The second-order valence-corrected chi connectivity index (χ2v) is 6.82. The highest BCUT2D eigenvalue weighted by Crippen LogP contribution is 2.56. The van der Waals surface area contributed by atoms with Crippen LogP contribution in [0, 0.1) is 17.6 Å². The second kappa shape index (κ2) is 4.69. The van der Waals surface area contributed by atoms with Gasteiger partial charge in [0.15, 0.2) is 0 Å². The van der Waals surface area contributed by atoms with Crippen LogP contribution >= 0.6 is 23.2 Å². The van der Waals surface area contributed by atoms with Gasteiger partial charge >= 0.3 is 0 Å². The molecule has 0 spiro atoms. The summed E-state index contributed by atoms with van der Waals surface area (Å²) in [6.45, 7) is 5.98. The molecule has 0 N–H and O–H groups in total. The Hall–Kier alpha value is -1.12. The van der Waals surface area contributed by atoms with E-state index in [-0.39, 0.29) is 5.92 Å². The van der Waals surface area contributed by atoms with E-state index in [0.717, 1.165) is 11.6 Å². The van der Waals surface area contributed by atoms with Gasteiger partial charge in [-0.1, -0.05) is 44.0 Å². The SMILES string of the molecule is CC(C)C1(C)c2cc(Cl)cc(Cl)c2-c2cc(F)cc(F)c21. The molecule has 0 aliphatic heterocycles. The summed E-state index contributed by atoms with van der Waals surface area (Å²) in [5.41, 5.74) is 1.98. The Labute approximate surface area is 132 Å². The predicted molar refractivity (Wildman–Crippen MR) is 83.1 cm³/mol. The molecule has 0 fully saturated rings. The Balaban J connectivity index is 2.49. The molecule has 0 amide bonds. The molecule has 1 aliphatic rings. The summed E-state index contributed by atoms with van der Waals surface area (Å²) >= 11 is 12.4. The highest BCUT2D eigenvalue weighted by molar-refractivity contribution is 6.37. The lowest BCUT2D eigenvalue weighted by molar-refractivity contribution is 0.396. The zero-order valence-corrected chi connectivity index (χ0v) is 13.4. The monoisotopic (exact) mass is 326 g/mol. The van der Waals surface area contributed by atoms with Crippen LogP contribution in [0.15, 0.2) is 24.3 Å². The molecule has 0 aromatic heterocycles. The Morgan fingerprint density at radius 1 is 1.05 bits per heavy atom. The predicted octanol–water partition coefficient (Wildman–Crippen LogP) is 6.21. The number of rotatable bonds is 1. The van der Waals surface area contributed by atoms with Gasteiger partial charge in [0.2, 0.25) is 0 Å². The first-order valence-corrected chi connectivity index (χ1v) is 7.51. The fourth-order valence-corrected chi connectivity index (χ4v) is 3.89. The topological polar surface area (TPSA) is 0 Å². The summed E-state index contributed by atoms with van der Waals surface area (Å²) in [6, 6.07) is 5.70. The minimum absolute atomic E-state index is 0.104. The Bertz CT molecular complexity index is 753. The van der Waals surface area contributed by atoms with E-state index in [0.29, 0.717) is 26.7 Å². The fraction of sp³-hybridized carbons (Fsp3) is 0.294. The van der Waals surface area contributed by atoms with E-state index in [4.69, 9.17) is 23.2 Å². The van der Waals surface area contributed by atoms with Gasteiger partial charge in [0.05, 0.1) is 5.02 Å². The molecule has 1 aliphatic carbocycles. The molecule has 0 radical (unpaired) electrons. The largest absolute Gasteiger partial charge is 0.207 e. The molecule has 1 unspecified atom stereocenters.